The summed E-state index contributed by atoms with van der Waals surface area (Å²) in [7, 11) is 0. The number of carbonyl (C=O) groups is 2. The number of nitrogens with one attached hydrogen (secondary N) is 1. The van der Waals surface area contributed by atoms with Gasteiger partial charge < -0.3 is 11.1 Å². The molecular formula is C14H13FN3O2+. The molecule has 0 saturated carbocycles. The topological polar surface area (TPSA) is 76.1 Å². The first kappa shape index (κ1) is 13.7. The van der Waals surface area contributed by atoms with Gasteiger partial charge >= 0.3 is 0 Å². The molecule has 2 rings (SSSR count). The Hall–Kier alpha value is -2.76. The summed E-state index contributed by atoms with van der Waals surface area (Å²) >= 11 is 0. The predicted molar refractivity (Wildman–Crippen MR) is 70.2 cm³/mol. The van der Waals surface area contributed by atoms with Crippen LogP contribution in [0.3, 0.4) is 0 Å². The molecule has 1 aromatic heterocycles. The highest BCUT2D eigenvalue weighted by Crippen LogP contribution is 2.08. The molecule has 3 N–H and O–H groups in total. The Balaban J connectivity index is 2.04. The zero-order valence-corrected chi connectivity index (χ0v) is 10.5. The Morgan fingerprint density at radius 1 is 1.25 bits per heavy atom. The molecule has 2 amide bonds. The molecule has 1 heterocycles. The Bertz CT molecular complexity index is 658. The van der Waals surface area contributed by atoms with Crippen LogP contribution in [0.5, 0.6) is 0 Å². The van der Waals surface area contributed by atoms with Gasteiger partial charge in [-0.15, -0.1) is 0 Å². The zero-order chi connectivity index (χ0) is 14.5. The highest BCUT2D eigenvalue weighted by molar-refractivity contribution is 5.92. The van der Waals surface area contributed by atoms with E-state index >= 15 is 0 Å². The maximum atomic E-state index is 13.0. The molecule has 0 aliphatic carbocycles. The smallest absolute Gasteiger partial charge is 0.290 e. The van der Waals surface area contributed by atoms with E-state index in [-0.39, 0.29) is 12.5 Å². The van der Waals surface area contributed by atoms with Crippen LogP contribution < -0.4 is 15.6 Å². The van der Waals surface area contributed by atoms with Gasteiger partial charge in [0, 0.05) is 11.8 Å². The molecule has 6 heteroatoms. The van der Waals surface area contributed by atoms with Gasteiger partial charge in [0.1, 0.15) is 11.4 Å². The minimum atomic E-state index is -0.565. The molecule has 0 radical (unpaired) electrons. The number of halogens is 1. The Morgan fingerprint density at radius 2 is 2.05 bits per heavy atom. The molecule has 0 saturated heterocycles. The molecule has 0 fully saturated rings. The van der Waals surface area contributed by atoms with Crippen molar-refractivity contribution in [1.82, 2.24) is 0 Å². The van der Waals surface area contributed by atoms with Crippen molar-refractivity contribution >= 4 is 17.5 Å². The fourth-order valence-electron chi connectivity index (χ4n) is 1.70. The van der Waals surface area contributed by atoms with Crippen LogP contribution in [-0.4, -0.2) is 11.8 Å². The molecule has 0 aliphatic rings. The lowest BCUT2D eigenvalue weighted by atomic mass is 10.2. The second-order valence-corrected chi connectivity index (χ2v) is 4.19. The van der Waals surface area contributed by atoms with Crippen molar-refractivity contribution in [3.05, 3.63) is 60.2 Å². The Kier molecular flexibility index (Phi) is 4.05. The van der Waals surface area contributed by atoms with E-state index in [0.717, 1.165) is 0 Å². The Morgan fingerprint density at radius 3 is 2.75 bits per heavy atom. The van der Waals surface area contributed by atoms with E-state index in [1.807, 2.05) is 0 Å². The number of rotatable bonds is 4. The molecule has 1 aromatic carbocycles. The van der Waals surface area contributed by atoms with Crippen molar-refractivity contribution in [3.63, 3.8) is 0 Å². The van der Waals surface area contributed by atoms with Gasteiger partial charge in [-0.2, -0.15) is 4.57 Å². The summed E-state index contributed by atoms with van der Waals surface area (Å²) in [5.74, 6) is -1.32. The summed E-state index contributed by atoms with van der Waals surface area (Å²) in [5.41, 5.74) is 5.85. The van der Waals surface area contributed by atoms with Crippen LogP contribution in [-0.2, 0) is 11.3 Å². The van der Waals surface area contributed by atoms with Crippen LogP contribution in [0.4, 0.5) is 10.1 Å². The van der Waals surface area contributed by atoms with Crippen LogP contribution in [0.1, 0.15) is 10.4 Å². The SMILES string of the molecule is NC(=O)c1ccc[n+](CC(=O)Nc2cccc(F)c2)c1. The third-order valence-electron chi connectivity index (χ3n) is 2.58. The summed E-state index contributed by atoms with van der Waals surface area (Å²) in [6.45, 7) is -0.00235. The van der Waals surface area contributed by atoms with Gasteiger partial charge in [-0.3, -0.25) is 9.59 Å². The number of aromatic nitrogens is 1. The van der Waals surface area contributed by atoms with Crippen molar-refractivity contribution < 1.29 is 18.5 Å². The first-order valence-corrected chi connectivity index (χ1v) is 5.89. The normalized spacial score (nSPS) is 10.1. The zero-order valence-electron chi connectivity index (χ0n) is 10.5. The fraction of sp³-hybridized carbons (Fsp3) is 0.0714. The highest BCUT2D eigenvalue weighted by Gasteiger charge is 2.12. The minimum absolute atomic E-state index is 0.00235. The number of primary amides is 1. The lowest BCUT2D eigenvalue weighted by Crippen LogP contribution is -2.40. The quantitative estimate of drug-likeness (QED) is 0.811. The molecule has 0 aliphatic heterocycles. The van der Waals surface area contributed by atoms with E-state index in [4.69, 9.17) is 5.73 Å². The second-order valence-electron chi connectivity index (χ2n) is 4.19. The summed E-state index contributed by atoms with van der Waals surface area (Å²) in [5, 5.41) is 2.56. The van der Waals surface area contributed by atoms with Gasteiger partial charge in [0.05, 0.1) is 0 Å². The van der Waals surface area contributed by atoms with Crippen LogP contribution >= 0.6 is 0 Å². The van der Waals surface area contributed by atoms with E-state index < -0.39 is 11.7 Å². The summed E-state index contributed by atoms with van der Waals surface area (Å²) in [6.07, 6.45) is 3.12. The van der Waals surface area contributed by atoms with Crippen LogP contribution in [0.15, 0.2) is 48.8 Å². The number of carbonyl (C=O) groups excluding carboxylic acids is 2. The van der Waals surface area contributed by atoms with E-state index in [2.05, 4.69) is 5.32 Å². The lowest BCUT2D eigenvalue weighted by molar-refractivity contribution is -0.684. The average molecular weight is 274 g/mol. The number of anilines is 1. The van der Waals surface area contributed by atoms with E-state index in [1.165, 1.54) is 29.0 Å². The number of nitrogens with two attached hydrogens (primary N) is 1. The number of nitrogens with zero attached hydrogens (tertiary/aromatic N) is 1. The van der Waals surface area contributed by atoms with Crippen LogP contribution in [0, 0.1) is 5.82 Å². The molecule has 0 spiro atoms. The minimum Gasteiger partial charge on any atom is -0.365 e. The molecule has 0 bridgehead atoms. The number of pyridine rings is 1. The average Bonchev–Trinajstić information content (AvgIpc) is 2.38. The van der Waals surface area contributed by atoms with E-state index in [1.54, 1.807) is 24.4 Å². The monoisotopic (exact) mass is 274 g/mol. The van der Waals surface area contributed by atoms with Gasteiger partial charge in [-0.05, 0) is 24.3 Å². The molecule has 5 nitrogen and oxygen atoms in total. The molecule has 0 atom stereocenters. The number of benzene rings is 1. The first-order valence-electron chi connectivity index (χ1n) is 5.89. The van der Waals surface area contributed by atoms with Gasteiger partial charge in [0.15, 0.2) is 12.4 Å². The fourth-order valence-corrected chi connectivity index (χ4v) is 1.70. The maximum absolute atomic E-state index is 13.0. The van der Waals surface area contributed by atoms with Gasteiger partial charge in [0.2, 0.25) is 6.54 Å². The first-order chi connectivity index (χ1) is 9.54. The molecule has 102 valence electrons. The van der Waals surface area contributed by atoms with Crippen LogP contribution in [0.25, 0.3) is 0 Å². The predicted octanol–water partition coefficient (Wildman–Crippen LogP) is 0.851. The third kappa shape index (κ3) is 3.61. The summed E-state index contributed by atoms with van der Waals surface area (Å²) in [4.78, 5) is 22.8. The highest BCUT2D eigenvalue weighted by atomic mass is 19.1. The van der Waals surface area contributed by atoms with Crippen molar-refractivity contribution in [3.8, 4) is 0 Å². The van der Waals surface area contributed by atoms with Gasteiger partial charge in [0.25, 0.3) is 11.8 Å². The van der Waals surface area contributed by atoms with Gasteiger partial charge in [-0.1, -0.05) is 6.07 Å². The van der Waals surface area contributed by atoms with E-state index in [9.17, 15) is 14.0 Å². The lowest BCUT2D eigenvalue weighted by Gasteiger charge is -2.03. The largest absolute Gasteiger partial charge is 0.365 e. The number of hydrogen-bond acceptors (Lipinski definition) is 2. The third-order valence-corrected chi connectivity index (χ3v) is 2.58. The molecule has 20 heavy (non-hydrogen) atoms. The van der Waals surface area contributed by atoms with Crippen LogP contribution in [0.2, 0.25) is 0 Å². The van der Waals surface area contributed by atoms with Crippen molar-refractivity contribution in [2.75, 3.05) is 5.32 Å². The Labute approximate surface area is 114 Å². The molecule has 2 aromatic rings. The summed E-state index contributed by atoms with van der Waals surface area (Å²) in [6, 6.07) is 8.79. The van der Waals surface area contributed by atoms with E-state index in [0.29, 0.717) is 11.3 Å². The standard InChI is InChI=1S/C14H12FN3O2/c15-11-4-1-5-12(7-11)17-13(19)9-18-6-2-3-10(8-18)14(16)20/h1-8H,9H2,(H2-,16,17,19,20)/p+1. The maximum Gasteiger partial charge on any atom is 0.290 e. The number of hydrogen-bond donors (Lipinski definition) is 2. The van der Waals surface area contributed by atoms with Gasteiger partial charge in [-0.25, -0.2) is 4.39 Å². The van der Waals surface area contributed by atoms with Crippen molar-refractivity contribution in [2.45, 2.75) is 6.54 Å². The second kappa shape index (κ2) is 5.92. The summed E-state index contributed by atoms with van der Waals surface area (Å²) < 4.78 is 14.5. The number of amides is 2. The molecule has 0 unspecified atom stereocenters. The molecular weight excluding hydrogens is 261 g/mol. The van der Waals surface area contributed by atoms with Crippen molar-refractivity contribution in [2.24, 2.45) is 5.73 Å². The van der Waals surface area contributed by atoms with Crippen molar-refractivity contribution in [1.29, 1.82) is 0 Å².